The summed E-state index contributed by atoms with van der Waals surface area (Å²) >= 11 is 0. The summed E-state index contributed by atoms with van der Waals surface area (Å²) in [6.07, 6.45) is 7.62. The quantitative estimate of drug-likeness (QED) is 0.714. The van der Waals surface area contributed by atoms with Crippen molar-refractivity contribution in [3.63, 3.8) is 0 Å². The van der Waals surface area contributed by atoms with Gasteiger partial charge in [0.2, 0.25) is 0 Å². The third kappa shape index (κ3) is 2.71. The molecule has 3 heteroatoms. The lowest BCUT2D eigenvalue weighted by atomic mass is 9.97. The molecule has 3 N–H and O–H groups in total. The van der Waals surface area contributed by atoms with Crippen molar-refractivity contribution in [1.82, 2.24) is 4.90 Å². The second kappa shape index (κ2) is 4.81. The van der Waals surface area contributed by atoms with Gasteiger partial charge in [-0.2, -0.15) is 0 Å². The standard InChI is InChI=1S/C12H24N2O/c13-7-6-12(4-5-12)10-14-8-2-1-3-11(14)9-15/h11,15H,1-10,13H2. The summed E-state index contributed by atoms with van der Waals surface area (Å²) in [5, 5.41) is 9.34. The number of hydrogen-bond acceptors (Lipinski definition) is 3. The molecule has 2 rings (SSSR count). The minimum absolute atomic E-state index is 0.332. The molecule has 1 saturated heterocycles. The minimum Gasteiger partial charge on any atom is -0.395 e. The largest absolute Gasteiger partial charge is 0.395 e. The van der Waals surface area contributed by atoms with Gasteiger partial charge in [-0.15, -0.1) is 0 Å². The molecular formula is C12H24N2O. The topological polar surface area (TPSA) is 49.5 Å². The minimum atomic E-state index is 0.332. The van der Waals surface area contributed by atoms with E-state index in [0.29, 0.717) is 18.1 Å². The second-order valence-corrected chi connectivity index (χ2v) is 5.34. The SMILES string of the molecule is NCCC1(CN2CCCCC2CO)CC1. The molecule has 1 heterocycles. The first-order chi connectivity index (χ1) is 7.29. The van der Waals surface area contributed by atoms with Crippen LogP contribution in [0.5, 0.6) is 0 Å². The molecule has 15 heavy (non-hydrogen) atoms. The van der Waals surface area contributed by atoms with E-state index in [2.05, 4.69) is 4.90 Å². The number of nitrogens with two attached hydrogens (primary N) is 1. The number of hydrogen-bond donors (Lipinski definition) is 2. The molecule has 3 nitrogen and oxygen atoms in total. The summed E-state index contributed by atoms with van der Waals surface area (Å²) < 4.78 is 0. The molecule has 88 valence electrons. The van der Waals surface area contributed by atoms with Crippen molar-refractivity contribution in [2.75, 3.05) is 26.2 Å². The number of aliphatic hydroxyl groups is 1. The highest BCUT2D eigenvalue weighted by Gasteiger charge is 2.43. The maximum atomic E-state index is 9.34. The Morgan fingerprint density at radius 2 is 2.13 bits per heavy atom. The van der Waals surface area contributed by atoms with Crippen molar-refractivity contribution in [2.45, 2.75) is 44.6 Å². The second-order valence-electron chi connectivity index (χ2n) is 5.34. The molecule has 0 aromatic heterocycles. The fraction of sp³-hybridized carbons (Fsp3) is 1.00. The van der Waals surface area contributed by atoms with Crippen molar-refractivity contribution in [3.05, 3.63) is 0 Å². The van der Waals surface area contributed by atoms with Gasteiger partial charge in [0.25, 0.3) is 0 Å². The zero-order valence-corrected chi connectivity index (χ0v) is 9.62. The number of aliphatic hydroxyl groups excluding tert-OH is 1. The molecular weight excluding hydrogens is 188 g/mol. The molecule has 2 fully saturated rings. The van der Waals surface area contributed by atoms with Gasteiger partial charge in [-0.05, 0) is 50.6 Å². The Morgan fingerprint density at radius 3 is 2.73 bits per heavy atom. The highest BCUT2D eigenvalue weighted by molar-refractivity contribution is 4.97. The molecule has 1 unspecified atom stereocenters. The van der Waals surface area contributed by atoms with Crippen LogP contribution in [-0.2, 0) is 0 Å². The molecule has 1 atom stereocenters. The van der Waals surface area contributed by atoms with Crippen LogP contribution in [0, 0.1) is 5.41 Å². The van der Waals surface area contributed by atoms with Gasteiger partial charge in [0.1, 0.15) is 0 Å². The van der Waals surface area contributed by atoms with E-state index in [0.717, 1.165) is 6.54 Å². The molecule has 0 aromatic carbocycles. The molecule has 2 aliphatic rings. The van der Waals surface area contributed by atoms with Crippen molar-refractivity contribution in [3.8, 4) is 0 Å². The molecule has 1 aliphatic carbocycles. The van der Waals surface area contributed by atoms with Crippen LogP contribution in [0.2, 0.25) is 0 Å². The van der Waals surface area contributed by atoms with Crippen LogP contribution in [0.25, 0.3) is 0 Å². The van der Waals surface area contributed by atoms with E-state index in [9.17, 15) is 5.11 Å². The summed E-state index contributed by atoms with van der Waals surface area (Å²) in [4.78, 5) is 2.51. The van der Waals surface area contributed by atoms with Gasteiger partial charge >= 0.3 is 0 Å². The smallest absolute Gasteiger partial charge is 0.0586 e. The maximum Gasteiger partial charge on any atom is 0.0586 e. The fourth-order valence-corrected chi connectivity index (χ4v) is 2.88. The summed E-state index contributed by atoms with van der Waals surface area (Å²) in [6, 6.07) is 0.425. The summed E-state index contributed by atoms with van der Waals surface area (Å²) in [5.74, 6) is 0. The third-order valence-corrected chi connectivity index (χ3v) is 4.13. The number of piperidine rings is 1. The first-order valence-corrected chi connectivity index (χ1v) is 6.35. The average Bonchev–Trinajstić information content (AvgIpc) is 2.99. The predicted octanol–water partition coefficient (Wildman–Crippen LogP) is 0.962. The van der Waals surface area contributed by atoms with E-state index < -0.39 is 0 Å². The predicted molar refractivity (Wildman–Crippen MR) is 61.6 cm³/mol. The number of nitrogens with zero attached hydrogens (tertiary/aromatic N) is 1. The average molecular weight is 212 g/mol. The van der Waals surface area contributed by atoms with Crippen molar-refractivity contribution < 1.29 is 5.11 Å². The van der Waals surface area contributed by atoms with Crippen LogP contribution in [0.1, 0.15) is 38.5 Å². The van der Waals surface area contributed by atoms with Crippen LogP contribution in [0.15, 0.2) is 0 Å². The van der Waals surface area contributed by atoms with Crippen molar-refractivity contribution >= 4 is 0 Å². The van der Waals surface area contributed by atoms with E-state index in [1.807, 2.05) is 0 Å². The Hall–Kier alpha value is -0.120. The monoisotopic (exact) mass is 212 g/mol. The molecule has 1 aliphatic heterocycles. The zero-order chi connectivity index (χ0) is 10.7. The Kier molecular flexibility index (Phi) is 3.65. The first-order valence-electron chi connectivity index (χ1n) is 6.35. The molecule has 0 spiro atoms. The van der Waals surface area contributed by atoms with Crippen molar-refractivity contribution in [2.24, 2.45) is 11.1 Å². The van der Waals surface area contributed by atoms with Crippen LogP contribution >= 0.6 is 0 Å². The summed E-state index contributed by atoms with van der Waals surface area (Å²) in [7, 11) is 0. The molecule has 1 saturated carbocycles. The Bertz CT molecular complexity index is 204. The van der Waals surface area contributed by atoms with Crippen LogP contribution in [-0.4, -0.2) is 42.3 Å². The molecule has 0 aromatic rings. The van der Waals surface area contributed by atoms with Crippen molar-refractivity contribution in [1.29, 1.82) is 0 Å². The Balaban J connectivity index is 1.86. The fourth-order valence-electron chi connectivity index (χ4n) is 2.88. The molecule has 0 radical (unpaired) electrons. The van der Waals surface area contributed by atoms with Gasteiger partial charge in [-0.1, -0.05) is 6.42 Å². The Labute approximate surface area is 92.6 Å². The Morgan fingerprint density at radius 1 is 1.33 bits per heavy atom. The molecule has 0 bridgehead atoms. The first kappa shape index (κ1) is 11.4. The van der Waals surface area contributed by atoms with Gasteiger partial charge in [-0.25, -0.2) is 0 Å². The van der Waals surface area contributed by atoms with Gasteiger partial charge in [0.05, 0.1) is 6.61 Å². The highest BCUT2D eigenvalue weighted by Crippen LogP contribution is 2.49. The lowest BCUT2D eigenvalue weighted by Gasteiger charge is -2.37. The van der Waals surface area contributed by atoms with Gasteiger partial charge in [0.15, 0.2) is 0 Å². The van der Waals surface area contributed by atoms with E-state index in [-0.39, 0.29) is 0 Å². The molecule has 0 amide bonds. The lowest BCUT2D eigenvalue weighted by Crippen LogP contribution is -2.45. The number of rotatable bonds is 5. The summed E-state index contributed by atoms with van der Waals surface area (Å²) in [5.41, 5.74) is 6.19. The normalized spacial score (nSPS) is 30.4. The third-order valence-electron chi connectivity index (χ3n) is 4.13. The van der Waals surface area contributed by atoms with E-state index in [4.69, 9.17) is 5.73 Å². The summed E-state index contributed by atoms with van der Waals surface area (Å²) in [6.45, 7) is 3.50. The number of likely N-dealkylation sites (tertiary alicyclic amines) is 1. The highest BCUT2D eigenvalue weighted by atomic mass is 16.3. The van der Waals surface area contributed by atoms with Gasteiger partial charge < -0.3 is 10.8 Å². The van der Waals surface area contributed by atoms with Crippen LogP contribution in [0.4, 0.5) is 0 Å². The van der Waals surface area contributed by atoms with E-state index in [1.54, 1.807) is 0 Å². The lowest BCUT2D eigenvalue weighted by molar-refractivity contribution is 0.0705. The van der Waals surface area contributed by atoms with E-state index in [1.165, 1.54) is 51.6 Å². The van der Waals surface area contributed by atoms with Crippen LogP contribution < -0.4 is 5.73 Å². The maximum absolute atomic E-state index is 9.34. The van der Waals surface area contributed by atoms with Crippen LogP contribution in [0.3, 0.4) is 0 Å². The zero-order valence-electron chi connectivity index (χ0n) is 9.62. The van der Waals surface area contributed by atoms with E-state index >= 15 is 0 Å². The van der Waals surface area contributed by atoms with Gasteiger partial charge in [-0.3, -0.25) is 4.90 Å². The van der Waals surface area contributed by atoms with Gasteiger partial charge in [0, 0.05) is 12.6 Å².